The number of anilines is 1. The molecule has 1 aromatic carbocycles. The lowest BCUT2D eigenvalue weighted by molar-refractivity contribution is 0.0935. The van der Waals surface area contributed by atoms with Crippen molar-refractivity contribution in [3.05, 3.63) is 45.3 Å². The van der Waals surface area contributed by atoms with Gasteiger partial charge in [0.15, 0.2) is 0 Å². The number of nitrogens with one attached hydrogen (secondary N) is 2. The number of carbonyl (C=O) groups is 1. The van der Waals surface area contributed by atoms with Crippen LogP contribution in [0.4, 0.5) is 5.00 Å². The number of amides is 1. The number of fused-ring (bicyclic) bond motifs is 3. The van der Waals surface area contributed by atoms with Crippen molar-refractivity contribution in [1.29, 1.82) is 0 Å². The Hall–Kier alpha value is -2.01. The van der Waals surface area contributed by atoms with Crippen molar-refractivity contribution < 1.29 is 9.90 Å². The predicted molar refractivity (Wildman–Crippen MR) is 96.8 cm³/mol. The Labute approximate surface area is 145 Å². The molecule has 2 aromatic rings. The minimum absolute atomic E-state index is 0.0258. The molecule has 0 radical (unpaired) electrons. The van der Waals surface area contributed by atoms with E-state index in [2.05, 4.69) is 17.6 Å². The average molecular weight is 342 g/mol. The van der Waals surface area contributed by atoms with Crippen molar-refractivity contribution in [2.24, 2.45) is 5.92 Å². The van der Waals surface area contributed by atoms with E-state index >= 15 is 0 Å². The highest BCUT2D eigenvalue weighted by atomic mass is 32.1. The molecule has 0 spiro atoms. The summed E-state index contributed by atoms with van der Waals surface area (Å²) in [6.45, 7) is 4.22. The van der Waals surface area contributed by atoms with Crippen LogP contribution in [0.5, 0.6) is 5.75 Å². The molecular formula is C19H22N2O2S. The van der Waals surface area contributed by atoms with Crippen LogP contribution in [-0.2, 0) is 12.8 Å². The average Bonchev–Trinajstić information content (AvgIpc) is 2.94. The molecule has 2 unspecified atom stereocenters. The Morgan fingerprint density at radius 1 is 1.33 bits per heavy atom. The predicted octanol–water partition coefficient (Wildman–Crippen LogP) is 4.13. The summed E-state index contributed by atoms with van der Waals surface area (Å²) in [5, 5.41) is 17.6. The number of phenols is 1. The zero-order valence-corrected chi connectivity index (χ0v) is 14.8. The maximum atomic E-state index is 12.7. The van der Waals surface area contributed by atoms with Gasteiger partial charge >= 0.3 is 0 Å². The molecule has 2 atom stereocenters. The maximum Gasteiger partial charge on any atom is 0.256 e. The Bertz CT molecular complexity index is 812. The lowest BCUT2D eigenvalue weighted by Gasteiger charge is -2.27. The van der Waals surface area contributed by atoms with Gasteiger partial charge in [-0.2, -0.15) is 0 Å². The lowest BCUT2D eigenvalue weighted by atomic mass is 9.85. The molecule has 2 heterocycles. The first-order valence-electron chi connectivity index (χ1n) is 8.58. The molecule has 24 heavy (non-hydrogen) atoms. The fourth-order valence-electron chi connectivity index (χ4n) is 3.78. The molecule has 126 valence electrons. The van der Waals surface area contributed by atoms with Gasteiger partial charge in [0, 0.05) is 10.4 Å². The topological polar surface area (TPSA) is 61.4 Å². The van der Waals surface area contributed by atoms with E-state index in [-0.39, 0.29) is 17.8 Å². The Kier molecular flexibility index (Phi) is 3.76. The summed E-state index contributed by atoms with van der Waals surface area (Å²) in [6, 6.07) is 5.46. The van der Waals surface area contributed by atoms with Crippen LogP contribution >= 0.6 is 11.3 Å². The highest BCUT2D eigenvalue weighted by Gasteiger charge is 2.34. The van der Waals surface area contributed by atoms with E-state index < -0.39 is 0 Å². The van der Waals surface area contributed by atoms with E-state index in [1.165, 1.54) is 23.3 Å². The molecule has 1 amide bonds. The van der Waals surface area contributed by atoms with Crippen molar-refractivity contribution in [3.8, 4) is 5.75 Å². The van der Waals surface area contributed by atoms with Crippen LogP contribution in [0, 0.1) is 12.8 Å². The molecule has 0 bridgehead atoms. The van der Waals surface area contributed by atoms with Gasteiger partial charge in [-0.3, -0.25) is 4.79 Å². The van der Waals surface area contributed by atoms with Gasteiger partial charge in [-0.15, -0.1) is 11.3 Å². The minimum Gasteiger partial charge on any atom is -0.508 e. The van der Waals surface area contributed by atoms with Gasteiger partial charge < -0.3 is 15.7 Å². The van der Waals surface area contributed by atoms with Crippen LogP contribution in [0.1, 0.15) is 57.9 Å². The van der Waals surface area contributed by atoms with Gasteiger partial charge in [0.2, 0.25) is 0 Å². The fourth-order valence-corrected chi connectivity index (χ4v) is 5.16. The van der Waals surface area contributed by atoms with Gasteiger partial charge in [-0.05, 0) is 49.8 Å². The van der Waals surface area contributed by atoms with Crippen molar-refractivity contribution in [1.82, 2.24) is 5.32 Å². The third kappa shape index (κ3) is 2.47. The molecule has 3 N–H and O–H groups in total. The number of hydrogen-bond acceptors (Lipinski definition) is 4. The van der Waals surface area contributed by atoms with Crippen LogP contribution in [0.25, 0.3) is 0 Å². The molecule has 0 saturated carbocycles. The number of benzene rings is 1. The molecule has 5 heteroatoms. The molecule has 0 saturated heterocycles. The normalized spacial score (nSPS) is 22.3. The Balaban J connectivity index is 1.70. The Morgan fingerprint density at radius 3 is 2.96 bits per heavy atom. The first kappa shape index (κ1) is 15.5. The summed E-state index contributed by atoms with van der Waals surface area (Å²) in [7, 11) is 0. The largest absolute Gasteiger partial charge is 0.508 e. The van der Waals surface area contributed by atoms with Crippen molar-refractivity contribution in [2.45, 2.75) is 45.7 Å². The van der Waals surface area contributed by atoms with E-state index in [0.29, 0.717) is 5.56 Å². The lowest BCUT2D eigenvalue weighted by Crippen LogP contribution is -2.38. The molecule has 1 aromatic heterocycles. The van der Waals surface area contributed by atoms with Crippen molar-refractivity contribution in [3.63, 3.8) is 0 Å². The summed E-state index contributed by atoms with van der Waals surface area (Å²) < 4.78 is 0. The van der Waals surface area contributed by atoms with Gasteiger partial charge in [-0.25, -0.2) is 0 Å². The van der Waals surface area contributed by atoms with Crippen LogP contribution in [0.15, 0.2) is 18.2 Å². The van der Waals surface area contributed by atoms with Gasteiger partial charge in [0.05, 0.1) is 5.56 Å². The number of hydrogen-bond donors (Lipinski definition) is 3. The van der Waals surface area contributed by atoms with Gasteiger partial charge in [-0.1, -0.05) is 25.0 Å². The van der Waals surface area contributed by atoms with E-state index in [0.717, 1.165) is 34.9 Å². The quantitative estimate of drug-likeness (QED) is 0.769. The molecule has 1 aliphatic heterocycles. The smallest absolute Gasteiger partial charge is 0.256 e. The minimum atomic E-state index is -0.382. The maximum absolute atomic E-state index is 12.7. The molecule has 2 aliphatic rings. The summed E-state index contributed by atoms with van der Waals surface area (Å²) in [4.78, 5) is 14.1. The summed E-state index contributed by atoms with van der Waals surface area (Å²) in [5.41, 5.74) is 3.83. The number of phenolic OH excluding ortho intramolecular Hbond substituents is 1. The number of carbonyl (C=O) groups excluding carboxylic acids is 1. The van der Waals surface area contributed by atoms with E-state index in [4.69, 9.17) is 0 Å². The third-order valence-corrected chi connectivity index (χ3v) is 6.40. The Morgan fingerprint density at radius 2 is 2.17 bits per heavy atom. The molecule has 4 rings (SSSR count). The first-order chi connectivity index (χ1) is 11.6. The number of thiophene rings is 1. The van der Waals surface area contributed by atoms with Gasteiger partial charge in [0.1, 0.15) is 16.9 Å². The van der Waals surface area contributed by atoms with Crippen LogP contribution in [0.2, 0.25) is 0 Å². The molecule has 1 aliphatic carbocycles. The SMILES string of the molecule is CCC1CCc2c(sc3c2C(=O)NC(c2cc(C)ccc2O)N3)C1. The third-order valence-electron chi connectivity index (χ3n) is 5.22. The van der Waals surface area contributed by atoms with E-state index in [1.807, 2.05) is 19.1 Å². The van der Waals surface area contributed by atoms with Crippen LogP contribution in [0.3, 0.4) is 0 Å². The summed E-state index contributed by atoms with van der Waals surface area (Å²) >= 11 is 1.72. The molecular weight excluding hydrogens is 320 g/mol. The fraction of sp³-hybridized carbons (Fsp3) is 0.421. The second kappa shape index (κ2) is 5.81. The monoisotopic (exact) mass is 342 g/mol. The van der Waals surface area contributed by atoms with Crippen molar-refractivity contribution in [2.75, 3.05) is 5.32 Å². The highest BCUT2D eigenvalue weighted by Crippen LogP contribution is 2.43. The molecule has 4 nitrogen and oxygen atoms in total. The van der Waals surface area contributed by atoms with Crippen molar-refractivity contribution >= 4 is 22.2 Å². The van der Waals surface area contributed by atoms with E-state index in [9.17, 15) is 9.90 Å². The van der Waals surface area contributed by atoms with E-state index in [1.54, 1.807) is 17.4 Å². The van der Waals surface area contributed by atoms with Crippen LogP contribution < -0.4 is 10.6 Å². The second-order valence-corrected chi connectivity index (χ2v) is 7.94. The van der Waals surface area contributed by atoms with Gasteiger partial charge in [0.25, 0.3) is 5.91 Å². The summed E-state index contributed by atoms with van der Waals surface area (Å²) in [5.74, 6) is 0.911. The number of rotatable bonds is 2. The second-order valence-electron chi connectivity index (χ2n) is 6.84. The summed E-state index contributed by atoms with van der Waals surface area (Å²) in [6.07, 6.45) is 4.06. The number of aryl methyl sites for hydroxylation is 1. The standard InChI is InChI=1S/C19H22N2O2S/c1-3-11-5-6-12-15(9-11)24-19-16(12)18(23)20-17(21-19)13-8-10(2)4-7-14(13)22/h4,7-8,11,17,21-22H,3,5-6,9H2,1-2H3,(H,20,23). The first-order valence-corrected chi connectivity index (χ1v) is 9.40. The highest BCUT2D eigenvalue weighted by molar-refractivity contribution is 7.16. The zero-order valence-electron chi connectivity index (χ0n) is 14.0. The number of aromatic hydroxyl groups is 1. The molecule has 0 fully saturated rings. The van der Waals surface area contributed by atoms with Crippen LogP contribution in [-0.4, -0.2) is 11.0 Å². The zero-order chi connectivity index (χ0) is 16.8.